The lowest BCUT2D eigenvalue weighted by molar-refractivity contribution is 0.582. The molecule has 0 aliphatic heterocycles. The molecule has 0 heterocycles. The predicted molar refractivity (Wildman–Crippen MR) is 87.2 cm³/mol. The lowest BCUT2D eigenvalue weighted by Crippen LogP contribution is -2.34. The van der Waals surface area contributed by atoms with Crippen LogP contribution in [0.3, 0.4) is 0 Å². The summed E-state index contributed by atoms with van der Waals surface area (Å²) >= 11 is 6.28. The molecule has 2 aromatic rings. The lowest BCUT2D eigenvalue weighted by Gasteiger charge is -2.28. The predicted octanol–water partition coefficient (Wildman–Crippen LogP) is 4.86. The van der Waals surface area contributed by atoms with E-state index in [2.05, 4.69) is 45.0 Å². The Bertz CT molecular complexity index is 592. The van der Waals surface area contributed by atoms with Crippen molar-refractivity contribution in [1.29, 1.82) is 0 Å². The van der Waals surface area contributed by atoms with Crippen molar-refractivity contribution < 1.29 is 0 Å². The topological polar surface area (TPSA) is 26.0 Å². The third-order valence-corrected chi connectivity index (χ3v) is 4.11. The maximum absolute atomic E-state index is 6.53. The van der Waals surface area contributed by atoms with E-state index >= 15 is 0 Å². The smallest absolute Gasteiger partial charge is 0.0651 e. The maximum Gasteiger partial charge on any atom is 0.0651 e. The molecule has 2 N–H and O–H groups in total. The summed E-state index contributed by atoms with van der Waals surface area (Å²) < 4.78 is 0. The summed E-state index contributed by atoms with van der Waals surface area (Å²) in [4.78, 5) is 0. The molecule has 2 aromatic carbocycles. The molecule has 0 saturated carbocycles. The Morgan fingerprint density at radius 2 is 1.30 bits per heavy atom. The van der Waals surface area contributed by atoms with Gasteiger partial charge in [0.25, 0.3) is 0 Å². The Morgan fingerprint density at radius 1 is 0.800 bits per heavy atom. The standard InChI is InChI=1S/C18H22ClN/c1-17(2,3)13-9-11-14(12-10-13)18(4,20)15-7-5-6-8-16(15)19/h5-12H,20H2,1-4H3. The first-order valence-corrected chi connectivity index (χ1v) is 7.25. The summed E-state index contributed by atoms with van der Waals surface area (Å²) in [5.41, 5.74) is 9.41. The SMILES string of the molecule is CC(C)(C)c1ccc(C(C)(N)c2ccccc2Cl)cc1. The van der Waals surface area contributed by atoms with Gasteiger partial charge in [-0.1, -0.05) is 74.8 Å². The monoisotopic (exact) mass is 287 g/mol. The Kier molecular flexibility index (Phi) is 3.95. The number of hydrogen-bond donors (Lipinski definition) is 1. The highest BCUT2D eigenvalue weighted by Crippen LogP contribution is 2.33. The summed E-state index contributed by atoms with van der Waals surface area (Å²) in [7, 11) is 0. The zero-order valence-corrected chi connectivity index (χ0v) is 13.3. The minimum absolute atomic E-state index is 0.147. The Labute approximate surface area is 126 Å². The molecule has 0 aromatic heterocycles. The van der Waals surface area contributed by atoms with Crippen LogP contribution in [0.4, 0.5) is 0 Å². The van der Waals surface area contributed by atoms with Gasteiger partial charge in [-0.3, -0.25) is 0 Å². The van der Waals surface area contributed by atoms with Gasteiger partial charge in [-0.25, -0.2) is 0 Å². The van der Waals surface area contributed by atoms with E-state index < -0.39 is 5.54 Å². The largest absolute Gasteiger partial charge is 0.318 e. The van der Waals surface area contributed by atoms with Gasteiger partial charge >= 0.3 is 0 Å². The molecule has 1 unspecified atom stereocenters. The Morgan fingerprint density at radius 3 is 1.80 bits per heavy atom. The second-order valence-electron chi connectivity index (χ2n) is 6.51. The number of benzene rings is 2. The summed E-state index contributed by atoms with van der Waals surface area (Å²) in [6, 6.07) is 16.3. The first-order valence-electron chi connectivity index (χ1n) is 6.88. The fourth-order valence-electron chi connectivity index (χ4n) is 2.35. The van der Waals surface area contributed by atoms with E-state index in [1.165, 1.54) is 5.56 Å². The molecule has 0 saturated heterocycles. The fraction of sp³-hybridized carbons (Fsp3) is 0.333. The Hall–Kier alpha value is -1.31. The highest BCUT2D eigenvalue weighted by atomic mass is 35.5. The van der Waals surface area contributed by atoms with E-state index in [4.69, 9.17) is 17.3 Å². The van der Waals surface area contributed by atoms with Crippen molar-refractivity contribution in [3.05, 3.63) is 70.2 Å². The van der Waals surface area contributed by atoms with E-state index in [1.807, 2.05) is 31.2 Å². The van der Waals surface area contributed by atoms with Crippen LogP contribution in [-0.2, 0) is 11.0 Å². The molecular formula is C18H22ClN. The van der Waals surface area contributed by atoms with Crippen LogP contribution in [0.5, 0.6) is 0 Å². The average molecular weight is 288 g/mol. The minimum atomic E-state index is -0.589. The second kappa shape index (κ2) is 5.23. The third-order valence-electron chi connectivity index (χ3n) is 3.78. The van der Waals surface area contributed by atoms with E-state index in [1.54, 1.807) is 0 Å². The highest BCUT2D eigenvalue weighted by molar-refractivity contribution is 6.31. The van der Waals surface area contributed by atoms with Crippen LogP contribution in [0.25, 0.3) is 0 Å². The summed E-state index contributed by atoms with van der Waals surface area (Å²) in [5, 5.41) is 0.706. The third kappa shape index (κ3) is 2.89. The number of nitrogens with two attached hydrogens (primary N) is 1. The molecule has 0 bridgehead atoms. The summed E-state index contributed by atoms with van der Waals surface area (Å²) in [5.74, 6) is 0. The maximum atomic E-state index is 6.53. The average Bonchev–Trinajstić information content (AvgIpc) is 2.38. The first kappa shape index (κ1) is 15.1. The van der Waals surface area contributed by atoms with Gasteiger partial charge in [-0.05, 0) is 35.1 Å². The van der Waals surface area contributed by atoms with Crippen LogP contribution in [0.2, 0.25) is 5.02 Å². The molecule has 0 fully saturated rings. The van der Waals surface area contributed by atoms with E-state index in [0.717, 1.165) is 11.1 Å². The van der Waals surface area contributed by atoms with Crippen molar-refractivity contribution in [1.82, 2.24) is 0 Å². The van der Waals surface area contributed by atoms with Gasteiger partial charge in [-0.2, -0.15) is 0 Å². The molecule has 0 radical (unpaired) electrons. The minimum Gasteiger partial charge on any atom is -0.318 e. The molecule has 1 nitrogen and oxygen atoms in total. The molecule has 2 rings (SSSR count). The molecule has 106 valence electrons. The van der Waals surface area contributed by atoms with E-state index in [9.17, 15) is 0 Å². The lowest BCUT2D eigenvalue weighted by atomic mass is 9.82. The zero-order valence-electron chi connectivity index (χ0n) is 12.6. The summed E-state index contributed by atoms with van der Waals surface area (Å²) in [6.45, 7) is 8.62. The van der Waals surface area contributed by atoms with Crippen LogP contribution in [0.15, 0.2) is 48.5 Å². The van der Waals surface area contributed by atoms with Crippen LogP contribution in [-0.4, -0.2) is 0 Å². The number of halogens is 1. The molecule has 2 heteroatoms. The van der Waals surface area contributed by atoms with Crippen molar-refractivity contribution in [2.75, 3.05) is 0 Å². The molecular weight excluding hydrogens is 266 g/mol. The quantitative estimate of drug-likeness (QED) is 0.839. The van der Waals surface area contributed by atoms with E-state index in [-0.39, 0.29) is 5.41 Å². The zero-order chi connectivity index (χ0) is 15.0. The van der Waals surface area contributed by atoms with Gasteiger partial charge in [0, 0.05) is 5.02 Å². The molecule has 0 aliphatic rings. The van der Waals surface area contributed by atoms with Crippen LogP contribution < -0.4 is 5.73 Å². The molecule has 0 amide bonds. The van der Waals surface area contributed by atoms with Crippen LogP contribution in [0, 0.1) is 0 Å². The van der Waals surface area contributed by atoms with Crippen LogP contribution >= 0.6 is 11.6 Å². The van der Waals surface area contributed by atoms with Crippen molar-refractivity contribution in [2.45, 2.75) is 38.6 Å². The van der Waals surface area contributed by atoms with Crippen molar-refractivity contribution >= 4 is 11.6 Å². The van der Waals surface area contributed by atoms with Gasteiger partial charge in [0.1, 0.15) is 0 Å². The fourth-order valence-corrected chi connectivity index (χ4v) is 2.69. The van der Waals surface area contributed by atoms with Gasteiger partial charge in [-0.15, -0.1) is 0 Å². The van der Waals surface area contributed by atoms with Crippen molar-refractivity contribution in [3.63, 3.8) is 0 Å². The normalized spacial score (nSPS) is 14.9. The van der Waals surface area contributed by atoms with Crippen molar-refractivity contribution in [2.24, 2.45) is 5.73 Å². The molecule has 0 aliphatic carbocycles. The van der Waals surface area contributed by atoms with Gasteiger partial charge < -0.3 is 5.73 Å². The van der Waals surface area contributed by atoms with Gasteiger partial charge in [0.2, 0.25) is 0 Å². The summed E-state index contributed by atoms with van der Waals surface area (Å²) in [6.07, 6.45) is 0. The Balaban J connectivity index is 2.43. The molecule has 0 spiro atoms. The van der Waals surface area contributed by atoms with Gasteiger partial charge in [0.05, 0.1) is 5.54 Å². The molecule has 20 heavy (non-hydrogen) atoms. The number of hydrogen-bond acceptors (Lipinski definition) is 1. The highest BCUT2D eigenvalue weighted by Gasteiger charge is 2.26. The second-order valence-corrected chi connectivity index (χ2v) is 6.92. The first-order chi connectivity index (χ1) is 9.23. The van der Waals surface area contributed by atoms with Crippen molar-refractivity contribution in [3.8, 4) is 0 Å². The van der Waals surface area contributed by atoms with E-state index in [0.29, 0.717) is 5.02 Å². The molecule has 1 atom stereocenters. The van der Waals surface area contributed by atoms with Crippen LogP contribution in [0.1, 0.15) is 44.4 Å². The number of rotatable bonds is 2. The van der Waals surface area contributed by atoms with Gasteiger partial charge in [0.15, 0.2) is 0 Å².